The van der Waals surface area contributed by atoms with Crippen LogP contribution in [0.25, 0.3) is 0 Å². The van der Waals surface area contributed by atoms with Crippen LogP contribution in [0.2, 0.25) is 5.02 Å². The van der Waals surface area contributed by atoms with Crippen LogP contribution in [0.5, 0.6) is 0 Å². The van der Waals surface area contributed by atoms with Gasteiger partial charge in [-0.3, -0.25) is 4.99 Å². The molecule has 146 valence electrons. The van der Waals surface area contributed by atoms with Crippen LogP contribution in [0.1, 0.15) is 37.4 Å². The van der Waals surface area contributed by atoms with Gasteiger partial charge in [-0.15, -0.1) is 24.0 Å². The predicted octanol–water partition coefficient (Wildman–Crippen LogP) is 3.46. The van der Waals surface area contributed by atoms with E-state index in [1.807, 2.05) is 12.1 Å². The molecular formula is C19H29ClIN3O2. The molecule has 7 heteroatoms. The number of aliphatic hydroxyl groups excluding tert-OH is 1. The second-order valence-electron chi connectivity index (χ2n) is 7.18. The van der Waals surface area contributed by atoms with E-state index in [2.05, 4.69) is 15.2 Å². The van der Waals surface area contributed by atoms with Crippen molar-refractivity contribution in [2.24, 2.45) is 10.4 Å². The number of guanidine groups is 1. The van der Waals surface area contributed by atoms with Gasteiger partial charge in [0, 0.05) is 43.7 Å². The normalized spacial score (nSPS) is 24.9. The van der Waals surface area contributed by atoms with E-state index in [1.54, 1.807) is 19.2 Å². The lowest BCUT2D eigenvalue weighted by Gasteiger charge is -2.45. The molecule has 0 radical (unpaired) electrons. The fraction of sp³-hybridized carbons (Fsp3) is 0.632. The van der Waals surface area contributed by atoms with Crippen molar-refractivity contribution in [1.82, 2.24) is 10.2 Å². The van der Waals surface area contributed by atoms with E-state index in [0.717, 1.165) is 50.7 Å². The number of hydrogen-bond donors (Lipinski definition) is 2. The van der Waals surface area contributed by atoms with Crippen molar-refractivity contribution in [2.45, 2.75) is 31.8 Å². The molecule has 1 spiro atoms. The highest BCUT2D eigenvalue weighted by Gasteiger charge is 2.38. The number of piperidine rings is 1. The fourth-order valence-electron chi connectivity index (χ4n) is 3.94. The summed E-state index contributed by atoms with van der Waals surface area (Å²) in [6.45, 7) is 4.15. The summed E-state index contributed by atoms with van der Waals surface area (Å²) in [6, 6.07) is 7.30. The Bertz CT molecular complexity index is 585. The molecule has 26 heavy (non-hydrogen) atoms. The molecule has 2 atom stereocenters. The third-order valence-corrected chi connectivity index (χ3v) is 5.54. The SMILES string of the molecule is CN=C(NCC(O)c1ccc(Cl)cc1)N1CCCC2(CCCOC2)C1.I. The molecule has 2 aliphatic heterocycles. The predicted molar refractivity (Wildman–Crippen MR) is 116 cm³/mol. The summed E-state index contributed by atoms with van der Waals surface area (Å²) < 4.78 is 5.75. The Labute approximate surface area is 178 Å². The van der Waals surface area contributed by atoms with Crippen LogP contribution in [-0.2, 0) is 4.74 Å². The molecule has 2 heterocycles. The van der Waals surface area contributed by atoms with Gasteiger partial charge in [-0.2, -0.15) is 0 Å². The average Bonchev–Trinajstić information content (AvgIpc) is 2.63. The molecular weight excluding hydrogens is 465 g/mol. The average molecular weight is 494 g/mol. The molecule has 1 aromatic rings. The van der Waals surface area contributed by atoms with Crippen LogP contribution < -0.4 is 5.32 Å². The van der Waals surface area contributed by atoms with Crippen LogP contribution in [-0.4, -0.2) is 55.9 Å². The molecule has 0 saturated carbocycles. The first kappa shape index (κ1) is 21.7. The van der Waals surface area contributed by atoms with Gasteiger partial charge in [-0.25, -0.2) is 0 Å². The second-order valence-corrected chi connectivity index (χ2v) is 7.61. The van der Waals surface area contributed by atoms with Gasteiger partial charge in [-0.1, -0.05) is 23.7 Å². The first-order chi connectivity index (χ1) is 12.1. The van der Waals surface area contributed by atoms with Gasteiger partial charge in [0.1, 0.15) is 0 Å². The van der Waals surface area contributed by atoms with E-state index in [-0.39, 0.29) is 29.4 Å². The van der Waals surface area contributed by atoms with Crippen molar-refractivity contribution >= 4 is 41.5 Å². The Morgan fingerprint density at radius 1 is 1.35 bits per heavy atom. The number of aliphatic hydroxyl groups is 1. The highest BCUT2D eigenvalue weighted by molar-refractivity contribution is 14.0. The summed E-state index contributed by atoms with van der Waals surface area (Å²) in [6.07, 6.45) is 4.17. The maximum absolute atomic E-state index is 10.4. The molecule has 0 bridgehead atoms. The summed E-state index contributed by atoms with van der Waals surface area (Å²) >= 11 is 5.91. The molecule has 2 saturated heterocycles. The lowest BCUT2D eigenvalue weighted by molar-refractivity contribution is -0.0371. The number of hydrogen-bond acceptors (Lipinski definition) is 3. The topological polar surface area (TPSA) is 57.1 Å². The number of aliphatic imine (C=N–C) groups is 1. The summed E-state index contributed by atoms with van der Waals surface area (Å²) in [5.41, 5.74) is 1.12. The standard InChI is InChI=1S/C19H28ClN3O2.HI/c1-21-18(22-12-17(24)15-4-6-16(20)7-5-15)23-10-2-8-19(13-23)9-3-11-25-14-19;/h4-7,17,24H,2-3,8-14H2,1H3,(H,21,22);1H. The minimum atomic E-state index is -0.592. The lowest BCUT2D eigenvalue weighted by atomic mass is 9.76. The Hall–Kier alpha value is -0.570. The van der Waals surface area contributed by atoms with Crippen molar-refractivity contribution in [3.8, 4) is 0 Å². The fourth-order valence-corrected chi connectivity index (χ4v) is 4.07. The largest absolute Gasteiger partial charge is 0.387 e. The number of benzene rings is 1. The summed E-state index contributed by atoms with van der Waals surface area (Å²) in [5, 5.41) is 14.4. The molecule has 2 aliphatic rings. The smallest absolute Gasteiger partial charge is 0.193 e. The highest BCUT2D eigenvalue weighted by Crippen LogP contribution is 2.37. The van der Waals surface area contributed by atoms with E-state index in [4.69, 9.17) is 16.3 Å². The van der Waals surface area contributed by atoms with Gasteiger partial charge in [0.25, 0.3) is 0 Å². The number of nitrogens with one attached hydrogen (secondary N) is 1. The molecule has 0 aliphatic carbocycles. The van der Waals surface area contributed by atoms with E-state index in [9.17, 15) is 5.11 Å². The van der Waals surface area contributed by atoms with Gasteiger partial charge in [0.15, 0.2) is 5.96 Å². The first-order valence-electron chi connectivity index (χ1n) is 9.09. The number of halogens is 2. The van der Waals surface area contributed by atoms with E-state index < -0.39 is 6.10 Å². The highest BCUT2D eigenvalue weighted by atomic mass is 127. The molecule has 1 aromatic carbocycles. The molecule has 0 amide bonds. The zero-order valence-corrected chi connectivity index (χ0v) is 18.4. The van der Waals surface area contributed by atoms with Crippen LogP contribution in [0, 0.1) is 5.41 Å². The van der Waals surface area contributed by atoms with Crippen molar-refractivity contribution in [3.63, 3.8) is 0 Å². The molecule has 5 nitrogen and oxygen atoms in total. The van der Waals surface area contributed by atoms with E-state index >= 15 is 0 Å². The van der Waals surface area contributed by atoms with Crippen LogP contribution >= 0.6 is 35.6 Å². The number of nitrogens with zero attached hydrogens (tertiary/aromatic N) is 2. The van der Waals surface area contributed by atoms with Crippen LogP contribution in [0.3, 0.4) is 0 Å². The summed E-state index contributed by atoms with van der Waals surface area (Å²) in [5.74, 6) is 0.859. The number of ether oxygens (including phenoxy) is 1. The van der Waals surface area contributed by atoms with Crippen molar-refractivity contribution < 1.29 is 9.84 Å². The number of rotatable bonds is 3. The quantitative estimate of drug-likeness (QED) is 0.385. The molecule has 2 unspecified atom stereocenters. The zero-order chi connectivity index (χ0) is 17.7. The molecule has 2 N–H and O–H groups in total. The maximum atomic E-state index is 10.4. The van der Waals surface area contributed by atoms with Gasteiger partial charge in [-0.05, 0) is 43.4 Å². The molecule has 2 fully saturated rings. The van der Waals surface area contributed by atoms with Crippen molar-refractivity contribution in [3.05, 3.63) is 34.9 Å². The van der Waals surface area contributed by atoms with Gasteiger partial charge >= 0.3 is 0 Å². The lowest BCUT2D eigenvalue weighted by Crippen LogP contribution is -2.53. The number of likely N-dealkylation sites (tertiary alicyclic amines) is 1. The molecule has 3 rings (SSSR count). The van der Waals surface area contributed by atoms with Crippen LogP contribution in [0.4, 0.5) is 0 Å². The van der Waals surface area contributed by atoms with Gasteiger partial charge < -0.3 is 20.1 Å². The summed E-state index contributed by atoms with van der Waals surface area (Å²) in [4.78, 5) is 6.74. The third-order valence-electron chi connectivity index (χ3n) is 5.29. The Morgan fingerprint density at radius 3 is 2.73 bits per heavy atom. The minimum absolute atomic E-state index is 0. The Morgan fingerprint density at radius 2 is 2.08 bits per heavy atom. The van der Waals surface area contributed by atoms with Gasteiger partial charge in [0.05, 0.1) is 12.7 Å². The third kappa shape index (κ3) is 5.47. The van der Waals surface area contributed by atoms with E-state index in [1.165, 1.54) is 12.8 Å². The Balaban J connectivity index is 0.00000243. The minimum Gasteiger partial charge on any atom is -0.387 e. The van der Waals surface area contributed by atoms with Crippen molar-refractivity contribution in [2.75, 3.05) is 39.9 Å². The zero-order valence-electron chi connectivity index (χ0n) is 15.3. The van der Waals surface area contributed by atoms with E-state index in [0.29, 0.717) is 11.6 Å². The molecule has 0 aromatic heterocycles. The van der Waals surface area contributed by atoms with Crippen LogP contribution in [0.15, 0.2) is 29.3 Å². The maximum Gasteiger partial charge on any atom is 0.193 e. The summed E-state index contributed by atoms with van der Waals surface area (Å²) in [7, 11) is 1.80. The second kappa shape index (κ2) is 10.1. The monoisotopic (exact) mass is 493 g/mol. The van der Waals surface area contributed by atoms with Gasteiger partial charge in [0.2, 0.25) is 0 Å². The van der Waals surface area contributed by atoms with Crippen molar-refractivity contribution in [1.29, 1.82) is 0 Å². The Kier molecular flexibility index (Phi) is 8.44. The first-order valence-corrected chi connectivity index (χ1v) is 9.47.